The molecule has 0 N–H and O–H groups in total. The number of hydrogen-bond donors (Lipinski definition) is 0. The molecule has 0 spiro atoms. The van der Waals surface area contributed by atoms with E-state index in [1.807, 2.05) is 37.1 Å². The van der Waals surface area contributed by atoms with Crippen LogP contribution in [0.3, 0.4) is 0 Å². The fraction of sp³-hybridized carbons (Fsp3) is 0.333. The van der Waals surface area contributed by atoms with Crippen molar-refractivity contribution in [1.29, 1.82) is 0 Å². The zero-order valence-electron chi connectivity index (χ0n) is 9.80. The summed E-state index contributed by atoms with van der Waals surface area (Å²) in [4.78, 5) is 16.9. The van der Waals surface area contributed by atoms with Gasteiger partial charge in [0.05, 0.1) is 7.11 Å². The van der Waals surface area contributed by atoms with Gasteiger partial charge in [-0.15, -0.1) is 0 Å². The second kappa shape index (κ2) is 5.90. The van der Waals surface area contributed by atoms with Crippen LogP contribution in [0.1, 0.15) is 12.5 Å². The number of carbonyl (C=O) groups is 1. The zero-order valence-corrected chi connectivity index (χ0v) is 9.80. The van der Waals surface area contributed by atoms with E-state index in [2.05, 4.69) is 9.72 Å². The minimum atomic E-state index is -0.245. The van der Waals surface area contributed by atoms with E-state index >= 15 is 0 Å². The van der Waals surface area contributed by atoms with Crippen molar-refractivity contribution >= 4 is 12.0 Å². The standard InChI is InChI=1S/C12H16N2O2/c1-10(14(2)9-12(15)16-3)8-11-4-6-13-7-5-11/h4-8H,9H2,1-3H3/b10-8+. The Labute approximate surface area is 95.6 Å². The second-order valence-corrected chi connectivity index (χ2v) is 3.50. The number of pyridine rings is 1. The van der Waals surface area contributed by atoms with Crippen LogP contribution in [0.4, 0.5) is 0 Å². The Bertz CT molecular complexity index is 374. The average Bonchev–Trinajstić information content (AvgIpc) is 2.30. The highest BCUT2D eigenvalue weighted by Gasteiger charge is 2.06. The maximum absolute atomic E-state index is 11.1. The predicted molar refractivity (Wildman–Crippen MR) is 62.5 cm³/mol. The normalized spacial score (nSPS) is 11.1. The van der Waals surface area contributed by atoms with Crippen LogP contribution in [0.25, 0.3) is 6.08 Å². The van der Waals surface area contributed by atoms with Crippen molar-refractivity contribution in [2.24, 2.45) is 0 Å². The average molecular weight is 220 g/mol. The van der Waals surface area contributed by atoms with E-state index in [1.165, 1.54) is 7.11 Å². The van der Waals surface area contributed by atoms with Gasteiger partial charge in [-0.2, -0.15) is 0 Å². The molecule has 0 aliphatic carbocycles. The number of carbonyl (C=O) groups excluding carboxylic acids is 1. The van der Waals surface area contributed by atoms with Gasteiger partial charge in [0.25, 0.3) is 0 Å². The van der Waals surface area contributed by atoms with Gasteiger partial charge in [0, 0.05) is 25.1 Å². The van der Waals surface area contributed by atoms with E-state index in [9.17, 15) is 4.79 Å². The highest BCUT2D eigenvalue weighted by molar-refractivity contribution is 5.72. The van der Waals surface area contributed by atoms with Gasteiger partial charge in [-0.1, -0.05) is 0 Å². The molecule has 0 saturated carbocycles. The number of allylic oxidation sites excluding steroid dienone is 1. The fourth-order valence-electron chi connectivity index (χ4n) is 1.19. The minimum Gasteiger partial charge on any atom is -0.468 e. The molecule has 0 radical (unpaired) electrons. The smallest absolute Gasteiger partial charge is 0.325 e. The van der Waals surface area contributed by atoms with Crippen LogP contribution in [0, 0.1) is 0 Å². The Morgan fingerprint density at radius 3 is 2.69 bits per heavy atom. The van der Waals surface area contributed by atoms with Crippen molar-refractivity contribution in [3.05, 3.63) is 35.8 Å². The first-order valence-corrected chi connectivity index (χ1v) is 4.99. The molecule has 0 unspecified atom stereocenters. The summed E-state index contributed by atoms with van der Waals surface area (Å²) in [6.07, 6.45) is 5.46. The third-order valence-electron chi connectivity index (χ3n) is 2.28. The molecule has 0 aliphatic rings. The molecule has 0 aliphatic heterocycles. The van der Waals surface area contributed by atoms with Crippen molar-refractivity contribution in [2.75, 3.05) is 20.7 Å². The molecule has 16 heavy (non-hydrogen) atoms. The van der Waals surface area contributed by atoms with Crippen LogP contribution in [-0.4, -0.2) is 36.6 Å². The summed E-state index contributed by atoms with van der Waals surface area (Å²) in [6.45, 7) is 2.20. The summed E-state index contributed by atoms with van der Waals surface area (Å²) in [7, 11) is 3.24. The molecule has 1 rings (SSSR count). The SMILES string of the molecule is COC(=O)CN(C)/C(C)=C/c1ccncc1. The van der Waals surface area contributed by atoms with Crippen LogP contribution < -0.4 is 0 Å². The molecular weight excluding hydrogens is 204 g/mol. The first-order valence-electron chi connectivity index (χ1n) is 4.99. The lowest BCUT2D eigenvalue weighted by atomic mass is 10.2. The molecule has 1 aromatic heterocycles. The van der Waals surface area contributed by atoms with Crippen LogP contribution in [0.5, 0.6) is 0 Å². The molecule has 0 bridgehead atoms. The van der Waals surface area contributed by atoms with Gasteiger partial charge in [0.1, 0.15) is 6.54 Å². The Morgan fingerprint density at radius 2 is 2.12 bits per heavy atom. The quantitative estimate of drug-likeness (QED) is 0.722. The molecule has 4 heteroatoms. The lowest BCUT2D eigenvalue weighted by Gasteiger charge is -2.18. The van der Waals surface area contributed by atoms with E-state index in [4.69, 9.17) is 0 Å². The number of nitrogens with zero attached hydrogens (tertiary/aromatic N) is 2. The van der Waals surface area contributed by atoms with E-state index in [0.29, 0.717) is 0 Å². The van der Waals surface area contributed by atoms with Crippen LogP contribution in [-0.2, 0) is 9.53 Å². The molecule has 1 aromatic rings. The Kier molecular flexibility index (Phi) is 4.51. The van der Waals surface area contributed by atoms with Crippen LogP contribution in [0.15, 0.2) is 30.2 Å². The largest absolute Gasteiger partial charge is 0.468 e. The van der Waals surface area contributed by atoms with Crippen molar-refractivity contribution in [2.45, 2.75) is 6.92 Å². The molecule has 0 atom stereocenters. The van der Waals surface area contributed by atoms with Gasteiger partial charge in [0.2, 0.25) is 0 Å². The van der Waals surface area contributed by atoms with Crippen LogP contribution in [0.2, 0.25) is 0 Å². The number of esters is 1. The van der Waals surface area contributed by atoms with Crippen molar-refractivity contribution in [3.63, 3.8) is 0 Å². The predicted octanol–water partition coefficient (Wildman–Crippen LogP) is 1.55. The Hall–Kier alpha value is -1.84. The second-order valence-electron chi connectivity index (χ2n) is 3.50. The molecular formula is C12H16N2O2. The Morgan fingerprint density at radius 1 is 1.50 bits per heavy atom. The minimum absolute atomic E-state index is 0.245. The molecule has 0 saturated heterocycles. The van der Waals surface area contributed by atoms with Gasteiger partial charge < -0.3 is 9.64 Å². The summed E-state index contributed by atoms with van der Waals surface area (Å²) >= 11 is 0. The molecule has 4 nitrogen and oxygen atoms in total. The summed E-state index contributed by atoms with van der Waals surface area (Å²) in [6, 6.07) is 3.82. The first kappa shape index (κ1) is 12.2. The highest BCUT2D eigenvalue weighted by Crippen LogP contribution is 2.07. The first-order chi connectivity index (χ1) is 7.63. The summed E-state index contributed by atoms with van der Waals surface area (Å²) in [5.41, 5.74) is 2.06. The fourth-order valence-corrected chi connectivity index (χ4v) is 1.19. The molecule has 0 aromatic carbocycles. The van der Waals surface area contributed by atoms with Gasteiger partial charge in [0.15, 0.2) is 0 Å². The summed E-state index contributed by atoms with van der Waals surface area (Å²) < 4.78 is 4.60. The van der Waals surface area contributed by atoms with E-state index < -0.39 is 0 Å². The number of likely N-dealkylation sites (N-methyl/N-ethyl adjacent to an activating group) is 1. The zero-order chi connectivity index (χ0) is 12.0. The maximum Gasteiger partial charge on any atom is 0.325 e. The van der Waals surface area contributed by atoms with E-state index in [-0.39, 0.29) is 12.5 Å². The molecule has 0 amide bonds. The van der Waals surface area contributed by atoms with Gasteiger partial charge >= 0.3 is 5.97 Å². The highest BCUT2D eigenvalue weighted by atomic mass is 16.5. The molecule has 1 heterocycles. The van der Waals surface area contributed by atoms with Crippen molar-refractivity contribution in [1.82, 2.24) is 9.88 Å². The number of hydrogen-bond acceptors (Lipinski definition) is 4. The lowest BCUT2D eigenvalue weighted by Crippen LogP contribution is -2.25. The van der Waals surface area contributed by atoms with E-state index in [0.717, 1.165) is 11.3 Å². The Balaban J connectivity index is 2.66. The number of ether oxygens (including phenoxy) is 1. The summed E-state index contributed by atoms with van der Waals surface area (Å²) in [5, 5.41) is 0. The number of aromatic nitrogens is 1. The third kappa shape index (κ3) is 3.73. The summed E-state index contributed by atoms with van der Waals surface area (Å²) in [5.74, 6) is -0.245. The topological polar surface area (TPSA) is 42.4 Å². The van der Waals surface area contributed by atoms with Gasteiger partial charge in [-0.3, -0.25) is 9.78 Å². The molecule has 0 fully saturated rings. The lowest BCUT2D eigenvalue weighted by molar-refractivity contribution is -0.141. The van der Waals surface area contributed by atoms with Crippen LogP contribution >= 0.6 is 0 Å². The van der Waals surface area contributed by atoms with Crippen molar-refractivity contribution in [3.8, 4) is 0 Å². The van der Waals surface area contributed by atoms with E-state index in [1.54, 1.807) is 12.4 Å². The van der Waals surface area contributed by atoms with Gasteiger partial charge in [-0.25, -0.2) is 0 Å². The monoisotopic (exact) mass is 220 g/mol. The number of methoxy groups -OCH3 is 1. The van der Waals surface area contributed by atoms with Gasteiger partial charge in [-0.05, 0) is 30.7 Å². The third-order valence-corrected chi connectivity index (χ3v) is 2.28. The maximum atomic E-state index is 11.1. The van der Waals surface area contributed by atoms with Crippen molar-refractivity contribution < 1.29 is 9.53 Å². The number of rotatable bonds is 4. The molecule has 86 valence electrons.